The summed E-state index contributed by atoms with van der Waals surface area (Å²) in [5.41, 5.74) is 1.20. The molecule has 2 fully saturated rings. The van der Waals surface area contributed by atoms with Crippen molar-refractivity contribution in [1.82, 2.24) is 9.36 Å². The minimum atomic E-state index is 0.126. The smallest absolute Gasteiger partial charge is 0.203 e. The molecule has 1 spiro atoms. The van der Waals surface area contributed by atoms with Crippen LogP contribution in [0.4, 0.5) is 5.13 Å². The van der Waals surface area contributed by atoms with Crippen LogP contribution in [0.5, 0.6) is 0 Å². The molecule has 23 heavy (non-hydrogen) atoms. The van der Waals surface area contributed by atoms with Crippen LogP contribution < -0.4 is 5.32 Å². The van der Waals surface area contributed by atoms with E-state index in [0.717, 1.165) is 36.0 Å². The minimum absolute atomic E-state index is 0.126. The van der Waals surface area contributed by atoms with Crippen LogP contribution >= 0.6 is 11.5 Å². The summed E-state index contributed by atoms with van der Waals surface area (Å²) in [4.78, 5) is 4.66. The van der Waals surface area contributed by atoms with Crippen molar-refractivity contribution in [2.45, 2.75) is 56.6 Å². The van der Waals surface area contributed by atoms with Gasteiger partial charge in [-0.3, -0.25) is 0 Å². The Morgan fingerprint density at radius 2 is 1.96 bits per heavy atom. The highest BCUT2D eigenvalue weighted by atomic mass is 32.1. The van der Waals surface area contributed by atoms with Gasteiger partial charge in [0, 0.05) is 29.7 Å². The fourth-order valence-corrected chi connectivity index (χ4v) is 4.52. The first kappa shape index (κ1) is 15.1. The van der Waals surface area contributed by atoms with Crippen LogP contribution in [0.3, 0.4) is 0 Å². The molecule has 2 aromatic rings. The zero-order chi connectivity index (χ0) is 15.5. The Balaban J connectivity index is 1.43. The van der Waals surface area contributed by atoms with Gasteiger partial charge in [0.1, 0.15) is 0 Å². The van der Waals surface area contributed by atoms with Crippen molar-refractivity contribution in [3.05, 3.63) is 30.3 Å². The van der Waals surface area contributed by atoms with E-state index in [-0.39, 0.29) is 5.60 Å². The molecule has 4 rings (SSSR count). The molecule has 1 saturated heterocycles. The number of benzene rings is 1. The largest absolute Gasteiger partial charge is 0.375 e. The number of rotatable bonds is 3. The highest BCUT2D eigenvalue weighted by Gasteiger charge is 2.38. The molecular weight excluding hydrogens is 306 g/mol. The predicted molar refractivity (Wildman–Crippen MR) is 93.8 cm³/mol. The Morgan fingerprint density at radius 3 is 2.78 bits per heavy atom. The van der Waals surface area contributed by atoms with E-state index in [9.17, 15) is 0 Å². The number of hydrogen-bond acceptors (Lipinski definition) is 5. The molecule has 1 N–H and O–H groups in total. The monoisotopic (exact) mass is 329 g/mol. The summed E-state index contributed by atoms with van der Waals surface area (Å²) >= 11 is 1.46. The number of hydrogen-bond donors (Lipinski definition) is 1. The van der Waals surface area contributed by atoms with Gasteiger partial charge in [-0.05, 0) is 25.7 Å². The second kappa shape index (κ2) is 6.57. The minimum Gasteiger partial charge on any atom is -0.375 e. The molecule has 1 aliphatic heterocycles. The average Bonchev–Trinajstić information content (AvgIpc) is 3.05. The van der Waals surface area contributed by atoms with Crippen LogP contribution in [0.1, 0.15) is 44.9 Å². The summed E-state index contributed by atoms with van der Waals surface area (Å²) in [7, 11) is 0. The molecule has 122 valence electrons. The number of anilines is 1. The SMILES string of the molecule is c1ccc(-c2nsc(NC3CCOC4(CCCCC4)C3)n2)cc1. The fraction of sp³-hybridized carbons (Fsp3) is 0.556. The van der Waals surface area contributed by atoms with Crippen LogP contribution in [0.15, 0.2) is 30.3 Å². The molecule has 4 nitrogen and oxygen atoms in total. The zero-order valence-electron chi connectivity index (χ0n) is 13.3. The third kappa shape index (κ3) is 3.40. The standard InChI is InChI=1S/C18H23N3OS/c1-3-7-14(8-4-1)16-20-17(23-21-16)19-15-9-12-22-18(13-15)10-5-2-6-11-18/h1,3-4,7-8,15H,2,5-6,9-13H2,(H,19,20,21). The van der Waals surface area contributed by atoms with E-state index < -0.39 is 0 Å². The van der Waals surface area contributed by atoms with E-state index in [2.05, 4.69) is 26.8 Å². The second-order valence-corrected chi connectivity index (χ2v) is 7.47. The maximum atomic E-state index is 6.18. The molecule has 2 aliphatic rings. The van der Waals surface area contributed by atoms with Gasteiger partial charge >= 0.3 is 0 Å². The molecule has 0 radical (unpaired) electrons. The summed E-state index contributed by atoms with van der Waals surface area (Å²) in [6.07, 6.45) is 8.58. The van der Waals surface area contributed by atoms with Gasteiger partial charge in [-0.15, -0.1) is 0 Å². The van der Waals surface area contributed by atoms with Gasteiger partial charge in [-0.25, -0.2) is 0 Å². The third-order valence-electron chi connectivity index (χ3n) is 5.04. The molecule has 0 amide bonds. The Labute approximate surface area is 141 Å². The van der Waals surface area contributed by atoms with E-state index in [1.807, 2.05) is 18.2 Å². The van der Waals surface area contributed by atoms with Gasteiger partial charge in [0.15, 0.2) is 5.82 Å². The molecule has 0 bridgehead atoms. The molecule has 1 aromatic carbocycles. The van der Waals surface area contributed by atoms with Crippen molar-refractivity contribution < 1.29 is 4.74 Å². The van der Waals surface area contributed by atoms with Crippen molar-refractivity contribution in [3.63, 3.8) is 0 Å². The summed E-state index contributed by atoms with van der Waals surface area (Å²) in [5, 5.41) is 4.54. The van der Waals surface area contributed by atoms with Gasteiger partial charge in [0.05, 0.1) is 5.60 Å². The van der Waals surface area contributed by atoms with E-state index in [0.29, 0.717) is 6.04 Å². The second-order valence-electron chi connectivity index (χ2n) is 6.72. The van der Waals surface area contributed by atoms with Crippen LogP contribution in [-0.4, -0.2) is 27.6 Å². The Bertz CT molecular complexity index is 631. The van der Waals surface area contributed by atoms with Gasteiger partial charge in [-0.1, -0.05) is 49.6 Å². The predicted octanol–water partition coefficient (Wildman–Crippen LogP) is 4.50. The summed E-state index contributed by atoms with van der Waals surface area (Å²) in [5.74, 6) is 0.817. The number of nitrogens with one attached hydrogen (secondary N) is 1. The normalized spacial score (nSPS) is 23.7. The fourth-order valence-electron chi connectivity index (χ4n) is 3.86. The maximum absolute atomic E-state index is 6.18. The first-order valence-corrected chi connectivity index (χ1v) is 9.40. The molecule has 1 unspecified atom stereocenters. The highest BCUT2D eigenvalue weighted by molar-refractivity contribution is 7.09. The zero-order valence-corrected chi connectivity index (χ0v) is 14.1. The molecule has 2 heterocycles. The average molecular weight is 329 g/mol. The van der Waals surface area contributed by atoms with Gasteiger partial charge in [0.25, 0.3) is 0 Å². The van der Waals surface area contributed by atoms with Crippen LogP contribution in [-0.2, 0) is 4.74 Å². The lowest BCUT2D eigenvalue weighted by Gasteiger charge is -2.43. The highest BCUT2D eigenvalue weighted by Crippen LogP contribution is 2.39. The number of aromatic nitrogens is 2. The summed E-state index contributed by atoms with van der Waals surface area (Å²) in [6.45, 7) is 0.863. The number of nitrogens with zero attached hydrogens (tertiary/aromatic N) is 2. The molecular formula is C18H23N3OS. The molecule has 1 saturated carbocycles. The first-order chi connectivity index (χ1) is 11.3. The maximum Gasteiger partial charge on any atom is 0.203 e. The Morgan fingerprint density at radius 1 is 1.13 bits per heavy atom. The van der Waals surface area contributed by atoms with Crippen LogP contribution in [0.2, 0.25) is 0 Å². The van der Waals surface area contributed by atoms with E-state index >= 15 is 0 Å². The molecule has 1 aromatic heterocycles. The first-order valence-electron chi connectivity index (χ1n) is 8.63. The van der Waals surface area contributed by atoms with Crippen LogP contribution in [0, 0.1) is 0 Å². The van der Waals surface area contributed by atoms with E-state index in [1.165, 1.54) is 43.6 Å². The summed E-state index contributed by atoms with van der Waals surface area (Å²) < 4.78 is 10.7. The topological polar surface area (TPSA) is 47.0 Å². The van der Waals surface area contributed by atoms with Crippen molar-refractivity contribution in [1.29, 1.82) is 0 Å². The van der Waals surface area contributed by atoms with Gasteiger partial charge in [-0.2, -0.15) is 9.36 Å². The van der Waals surface area contributed by atoms with Gasteiger partial charge < -0.3 is 10.1 Å². The lowest BCUT2D eigenvalue weighted by molar-refractivity contribution is -0.103. The van der Waals surface area contributed by atoms with Crippen molar-refractivity contribution in [2.24, 2.45) is 0 Å². The number of ether oxygens (including phenoxy) is 1. The van der Waals surface area contributed by atoms with Crippen molar-refractivity contribution in [2.75, 3.05) is 11.9 Å². The third-order valence-corrected chi connectivity index (χ3v) is 5.69. The van der Waals surface area contributed by atoms with Crippen LogP contribution in [0.25, 0.3) is 11.4 Å². The summed E-state index contributed by atoms with van der Waals surface area (Å²) in [6, 6.07) is 10.6. The molecule has 1 atom stereocenters. The van der Waals surface area contributed by atoms with E-state index in [4.69, 9.17) is 4.74 Å². The van der Waals surface area contributed by atoms with E-state index in [1.54, 1.807) is 0 Å². The Hall–Kier alpha value is -1.46. The Kier molecular flexibility index (Phi) is 4.31. The lowest BCUT2D eigenvalue weighted by Crippen LogP contribution is -2.45. The molecule has 5 heteroatoms. The van der Waals surface area contributed by atoms with Crippen molar-refractivity contribution >= 4 is 16.7 Å². The molecule has 1 aliphatic carbocycles. The van der Waals surface area contributed by atoms with Crippen molar-refractivity contribution in [3.8, 4) is 11.4 Å². The quantitative estimate of drug-likeness (QED) is 0.900. The van der Waals surface area contributed by atoms with Gasteiger partial charge in [0.2, 0.25) is 5.13 Å². The lowest BCUT2D eigenvalue weighted by atomic mass is 9.78.